The molecular weight excluding hydrogens is 435 g/mol. The largest absolute Gasteiger partial charge is 0.484 e. The fourth-order valence-corrected chi connectivity index (χ4v) is 3.29. The van der Waals surface area contributed by atoms with Gasteiger partial charge in [-0.05, 0) is 75.1 Å². The highest BCUT2D eigenvalue weighted by atomic mass is 35.5. The highest BCUT2D eigenvalue weighted by Crippen LogP contribution is 2.26. The predicted octanol–water partition coefficient (Wildman–Crippen LogP) is 5.32. The molecule has 7 heteroatoms. The monoisotopic (exact) mass is 464 g/mol. The lowest BCUT2D eigenvalue weighted by atomic mass is 10.1. The Balaban J connectivity index is 2.18. The van der Waals surface area contributed by atoms with Gasteiger partial charge in [-0.3, -0.25) is 9.59 Å². The second-order valence-corrected chi connectivity index (χ2v) is 8.62. The van der Waals surface area contributed by atoms with Gasteiger partial charge >= 0.3 is 0 Å². The van der Waals surface area contributed by atoms with Crippen molar-refractivity contribution in [3.05, 3.63) is 63.1 Å². The molecule has 0 heterocycles. The highest BCUT2D eigenvalue weighted by molar-refractivity contribution is 6.32. The third-order valence-corrected chi connectivity index (χ3v) is 6.05. The zero-order valence-corrected chi connectivity index (χ0v) is 20.2. The maximum absolute atomic E-state index is 13.1. The summed E-state index contributed by atoms with van der Waals surface area (Å²) in [4.78, 5) is 27.3. The number of amides is 2. The molecule has 0 saturated heterocycles. The van der Waals surface area contributed by atoms with E-state index in [1.54, 1.807) is 31.2 Å². The Hall–Kier alpha value is -2.24. The number of rotatable bonds is 9. The van der Waals surface area contributed by atoms with Crippen molar-refractivity contribution in [2.24, 2.45) is 0 Å². The van der Waals surface area contributed by atoms with E-state index >= 15 is 0 Å². The minimum absolute atomic E-state index is 0.0266. The Bertz CT molecular complexity index is 893. The molecule has 2 rings (SSSR count). The molecule has 0 aromatic heterocycles. The molecule has 2 aromatic rings. The van der Waals surface area contributed by atoms with Gasteiger partial charge in [0.2, 0.25) is 5.91 Å². The molecule has 31 heavy (non-hydrogen) atoms. The van der Waals surface area contributed by atoms with Crippen LogP contribution in [0, 0.1) is 13.8 Å². The SMILES string of the molecule is CC[C@H](C)NC(=O)[C@H](C)N(Cc1ccc(Cl)cc1)C(=O)COc1cc(C)c(Cl)c(C)c1. The maximum Gasteiger partial charge on any atom is 0.261 e. The van der Waals surface area contributed by atoms with Crippen LogP contribution in [0.1, 0.15) is 43.9 Å². The molecule has 0 fully saturated rings. The first-order valence-electron chi connectivity index (χ1n) is 10.4. The van der Waals surface area contributed by atoms with E-state index in [0.717, 1.165) is 23.1 Å². The zero-order chi connectivity index (χ0) is 23.1. The number of nitrogens with zero attached hydrogens (tertiary/aromatic N) is 1. The fourth-order valence-electron chi connectivity index (χ4n) is 3.05. The number of benzene rings is 2. The van der Waals surface area contributed by atoms with Crippen LogP contribution in [0.25, 0.3) is 0 Å². The second-order valence-electron chi connectivity index (χ2n) is 7.80. The number of nitrogens with one attached hydrogen (secondary N) is 1. The summed E-state index contributed by atoms with van der Waals surface area (Å²) < 4.78 is 5.75. The molecule has 0 spiro atoms. The number of halogens is 2. The lowest BCUT2D eigenvalue weighted by Gasteiger charge is -2.29. The molecule has 2 amide bonds. The number of hydrogen-bond acceptors (Lipinski definition) is 3. The fraction of sp³-hybridized carbons (Fsp3) is 0.417. The molecule has 5 nitrogen and oxygen atoms in total. The minimum atomic E-state index is -0.658. The second kappa shape index (κ2) is 11.4. The standard InChI is InChI=1S/C24H30Cl2N2O3/c1-6-17(4)27-24(30)18(5)28(13-19-7-9-20(25)10-8-19)22(29)14-31-21-11-15(2)23(26)16(3)12-21/h7-12,17-18H,6,13-14H2,1-5H3,(H,27,30)/t17-,18-/m0/s1. The van der Waals surface area contributed by atoms with Crippen LogP contribution in [-0.2, 0) is 16.1 Å². The van der Waals surface area contributed by atoms with Gasteiger partial charge in [0.1, 0.15) is 11.8 Å². The Kier molecular flexibility index (Phi) is 9.20. The molecule has 0 saturated carbocycles. The predicted molar refractivity (Wildman–Crippen MR) is 126 cm³/mol. The topological polar surface area (TPSA) is 58.6 Å². The van der Waals surface area contributed by atoms with Crippen LogP contribution in [0.5, 0.6) is 5.75 Å². The Morgan fingerprint density at radius 2 is 1.65 bits per heavy atom. The molecule has 0 bridgehead atoms. The third kappa shape index (κ3) is 7.15. The summed E-state index contributed by atoms with van der Waals surface area (Å²) in [6.07, 6.45) is 0.808. The minimum Gasteiger partial charge on any atom is -0.484 e. The van der Waals surface area contributed by atoms with Crippen molar-refractivity contribution in [1.82, 2.24) is 10.2 Å². The van der Waals surface area contributed by atoms with Crippen molar-refractivity contribution in [2.75, 3.05) is 6.61 Å². The molecule has 0 aliphatic rings. The molecule has 168 valence electrons. The lowest BCUT2D eigenvalue weighted by molar-refractivity contribution is -0.142. The normalized spacial score (nSPS) is 12.7. The third-order valence-electron chi connectivity index (χ3n) is 5.21. The van der Waals surface area contributed by atoms with Crippen LogP contribution < -0.4 is 10.1 Å². The first-order chi connectivity index (χ1) is 14.6. The number of hydrogen-bond donors (Lipinski definition) is 1. The van der Waals surface area contributed by atoms with E-state index in [1.165, 1.54) is 4.90 Å². The van der Waals surface area contributed by atoms with E-state index in [9.17, 15) is 9.59 Å². The van der Waals surface area contributed by atoms with Crippen molar-refractivity contribution >= 4 is 35.0 Å². The van der Waals surface area contributed by atoms with Crippen molar-refractivity contribution in [1.29, 1.82) is 0 Å². The van der Waals surface area contributed by atoms with E-state index in [-0.39, 0.29) is 31.0 Å². The van der Waals surface area contributed by atoms with E-state index < -0.39 is 6.04 Å². The van der Waals surface area contributed by atoms with Crippen LogP contribution in [0.3, 0.4) is 0 Å². The molecular formula is C24H30Cl2N2O3. The van der Waals surface area contributed by atoms with Gasteiger partial charge in [0.15, 0.2) is 6.61 Å². The van der Waals surface area contributed by atoms with E-state index in [2.05, 4.69) is 5.32 Å². The van der Waals surface area contributed by atoms with Gasteiger partial charge in [0.25, 0.3) is 5.91 Å². The van der Waals surface area contributed by atoms with Crippen LogP contribution in [-0.4, -0.2) is 35.4 Å². The number of carbonyl (C=O) groups is 2. The van der Waals surface area contributed by atoms with E-state index in [4.69, 9.17) is 27.9 Å². The van der Waals surface area contributed by atoms with Crippen molar-refractivity contribution in [3.8, 4) is 5.75 Å². The lowest BCUT2D eigenvalue weighted by Crippen LogP contribution is -2.50. The molecule has 0 aliphatic heterocycles. The maximum atomic E-state index is 13.1. The van der Waals surface area contributed by atoms with Crippen LogP contribution in [0.15, 0.2) is 36.4 Å². The summed E-state index contributed by atoms with van der Waals surface area (Å²) in [7, 11) is 0. The first kappa shape index (κ1) is 25.0. The summed E-state index contributed by atoms with van der Waals surface area (Å²) in [6.45, 7) is 9.51. The quantitative estimate of drug-likeness (QED) is 0.545. The molecule has 0 unspecified atom stereocenters. The van der Waals surface area contributed by atoms with Gasteiger partial charge in [0, 0.05) is 22.6 Å². The Labute approximate surface area is 194 Å². The highest BCUT2D eigenvalue weighted by Gasteiger charge is 2.27. The number of ether oxygens (including phenoxy) is 1. The molecule has 0 aliphatic carbocycles. The van der Waals surface area contributed by atoms with Crippen LogP contribution >= 0.6 is 23.2 Å². The van der Waals surface area contributed by atoms with Gasteiger partial charge in [0.05, 0.1) is 0 Å². The zero-order valence-electron chi connectivity index (χ0n) is 18.7. The molecule has 2 aromatic carbocycles. The smallest absolute Gasteiger partial charge is 0.261 e. The summed E-state index contributed by atoms with van der Waals surface area (Å²) in [5.41, 5.74) is 2.63. The summed E-state index contributed by atoms with van der Waals surface area (Å²) in [5.74, 6) is 0.0813. The van der Waals surface area contributed by atoms with Gasteiger partial charge in [-0.2, -0.15) is 0 Å². The summed E-state index contributed by atoms with van der Waals surface area (Å²) in [6, 6.07) is 10.2. The van der Waals surface area contributed by atoms with Crippen molar-refractivity contribution in [2.45, 2.75) is 59.7 Å². The first-order valence-corrected chi connectivity index (χ1v) is 11.1. The van der Waals surface area contributed by atoms with E-state index in [1.807, 2.05) is 39.8 Å². The number of carbonyl (C=O) groups excluding carboxylic acids is 2. The van der Waals surface area contributed by atoms with Gasteiger partial charge in [-0.15, -0.1) is 0 Å². The van der Waals surface area contributed by atoms with Crippen LogP contribution in [0.4, 0.5) is 0 Å². The average Bonchev–Trinajstić information content (AvgIpc) is 2.74. The molecule has 0 radical (unpaired) electrons. The van der Waals surface area contributed by atoms with Crippen molar-refractivity contribution < 1.29 is 14.3 Å². The summed E-state index contributed by atoms with van der Waals surface area (Å²) >= 11 is 12.2. The van der Waals surface area contributed by atoms with Gasteiger partial charge in [-0.25, -0.2) is 0 Å². The molecule has 2 atom stereocenters. The van der Waals surface area contributed by atoms with E-state index in [0.29, 0.717) is 15.8 Å². The number of aryl methyl sites for hydroxylation is 2. The summed E-state index contributed by atoms with van der Waals surface area (Å²) in [5, 5.41) is 4.24. The van der Waals surface area contributed by atoms with Crippen molar-refractivity contribution in [3.63, 3.8) is 0 Å². The molecule has 1 N–H and O–H groups in total. The Morgan fingerprint density at radius 3 is 2.19 bits per heavy atom. The van der Waals surface area contributed by atoms with Gasteiger partial charge in [-0.1, -0.05) is 42.3 Å². The average molecular weight is 465 g/mol. The van der Waals surface area contributed by atoms with Gasteiger partial charge < -0.3 is 15.0 Å². The Morgan fingerprint density at radius 1 is 1.06 bits per heavy atom. The van der Waals surface area contributed by atoms with Crippen LogP contribution in [0.2, 0.25) is 10.0 Å².